The van der Waals surface area contributed by atoms with Crippen molar-refractivity contribution in [3.8, 4) is 34.4 Å². The summed E-state index contributed by atoms with van der Waals surface area (Å²) in [6.45, 7) is 5.34. The van der Waals surface area contributed by atoms with Crippen molar-refractivity contribution in [3.63, 3.8) is 0 Å². The molecule has 4 aromatic rings. The van der Waals surface area contributed by atoms with Gasteiger partial charge in [0.25, 0.3) is 0 Å². The molecule has 6 rings (SSSR count). The fourth-order valence-corrected chi connectivity index (χ4v) is 5.52. The SMILES string of the molecule is CC(C)(N)C[C@H]1CCN(c2ccc3c(c2)Cn2cc(-c4ccc(C#N)cc4)cc2-c2nccn2-3)C1=O. The number of hydrogen-bond donors (Lipinski definition) is 1. The number of benzene rings is 2. The number of fused-ring (bicyclic) bond motifs is 5. The predicted molar refractivity (Wildman–Crippen MR) is 140 cm³/mol. The molecule has 1 saturated heterocycles. The van der Waals surface area contributed by atoms with E-state index in [1.165, 1.54) is 0 Å². The number of amides is 1. The van der Waals surface area contributed by atoms with Crippen molar-refractivity contribution in [1.82, 2.24) is 14.1 Å². The van der Waals surface area contributed by atoms with Gasteiger partial charge < -0.3 is 15.2 Å². The Morgan fingerprint density at radius 1 is 1.14 bits per heavy atom. The smallest absolute Gasteiger partial charge is 0.230 e. The largest absolute Gasteiger partial charge is 0.340 e. The van der Waals surface area contributed by atoms with Crippen LogP contribution in [-0.4, -0.2) is 32.1 Å². The van der Waals surface area contributed by atoms with Gasteiger partial charge >= 0.3 is 0 Å². The fourth-order valence-electron chi connectivity index (χ4n) is 5.52. The minimum Gasteiger partial charge on any atom is -0.340 e. The van der Waals surface area contributed by atoms with Crippen LogP contribution in [0.15, 0.2) is 67.1 Å². The summed E-state index contributed by atoms with van der Waals surface area (Å²) in [5.74, 6) is 1.01. The van der Waals surface area contributed by atoms with E-state index in [2.05, 4.69) is 44.6 Å². The molecule has 0 spiro atoms. The molecule has 2 aromatic heterocycles. The van der Waals surface area contributed by atoms with Crippen LogP contribution in [0.2, 0.25) is 0 Å². The Hall–Kier alpha value is -4.15. The van der Waals surface area contributed by atoms with E-state index in [-0.39, 0.29) is 17.4 Å². The lowest BCUT2D eigenvalue weighted by molar-refractivity contribution is -0.120. The molecule has 1 fully saturated rings. The third-order valence-corrected chi connectivity index (χ3v) is 7.18. The van der Waals surface area contributed by atoms with E-state index in [1.54, 1.807) is 0 Å². The lowest BCUT2D eigenvalue weighted by Gasteiger charge is -2.23. The van der Waals surface area contributed by atoms with Gasteiger partial charge in [-0.3, -0.25) is 9.36 Å². The van der Waals surface area contributed by atoms with Crippen molar-refractivity contribution in [2.75, 3.05) is 11.4 Å². The van der Waals surface area contributed by atoms with Crippen molar-refractivity contribution in [2.24, 2.45) is 11.7 Å². The molecule has 0 bridgehead atoms. The molecule has 0 radical (unpaired) electrons. The number of rotatable bonds is 4. The number of hydrogen-bond acceptors (Lipinski definition) is 4. The maximum atomic E-state index is 13.2. The van der Waals surface area contributed by atoms with E-state index < -0.39 is 0 Å². The lowest BCUT2D eigenvalue weighted by atomic mass is 9.90. The summed E-state index contributed by atoms with van der Waals surface area (Å²) in [5.41, 5.74) is 12.8. The van der Waals surface area contributed by atoms with Crippen LogP contribution in [0.5, 0.6) is 0 Å². The molecule has 7 nitrogen and oxygen atoms in total. The first-order valence-corrected chi connectivity index (χ1v) is 12.3. The number of anilines is 1. The van der Waals surface area contributed by atoms with Crippen molar-refractivity contribution in [3.05, 3.63) is 78.2 Å². The second-order valence-corrected chi connectivity index (χ2v) is 10.5. The minimum absolute atomic E-state index is 0.0323. The maximum Gasteiger partial charge on any atom is 0.230 e. The molecular formula is C29H28N6O. The van der Waals surface area contributed by atoms with Gasteiger partial charge in [0.05, 0.1) is 23.0 Å². The summed E-state index contributed by atoms with van der Waals surface area (Å²) in [6, 6.07) is 18.2. The molecule has 4 heterocycles. The minimum atomic E-state index is -0.362. The molecule has 0 aliphatic carbocycles. The van der Waals surface area contributed by atoms with Crippen molar-refractivity contribution in [1.29, 1.82) is 5.26 Å². The number of nitriles is 1. The number of carbonyl (C=O) groups is 1. The first-order chi connectivity index (χ1) is 17.3. The van der Waals surface area contributed by atoms with Gasteiger partial charge in [-0.1, -0.05) is 12.1 Å². The molecule has 1 amide bonds. The second kappa shape index (κ2) is 8.21. The van der Waals surface area contributed by atoms with E-state index in [0.29, 0.717) is 25.1 Å². The van der Waals surface area contributed by atoms with Crippen LogP contribution in [-0.2, 0) is 11.3 Å². The average molecular weight is 477 g/mol. The molecule has 180 valence electrons. The Morgan fingerprint density at radius 2 is 1.94 bits per heavy atom. The van der Waals surface area contributed by atoms with Crippen LogP contribution in [0, 0.1) is 17.2 Å². The highest BCUT2D eigenvalue weighted by Crippen LogP contribution is 2.37. The molecule has 2 aliphatic rings. The number of imidazole rings is 1. The second-order valence-electron chi connectivity index (χ2n) is 10.5. The molecule has 0 unspecified atom stereocenters. The Morgan fingerprint density at radius 3 is 2.69 bits per heavy atom. The fraction of sp³-hybridized carbons (Fsp3) is 0.276. The molecule has 2 aliphatic heterocycles. The van der Waals surface area contributed by atoms with Gasteiger partial charge in [-0.15, -0.1) is 0 Å². The van der Waals surface area contributed by atoms with Gasteiger partial charge in [-0.05, 0) is 74.2 Å². The molecule has 36 heavy (non-hydrogen) atoms. The molecule has 7 heteroatoms. The number of nitrogens with two attached hydrogens (primary N) is 1. The zero-order valence-corrected chi connectivity index (χ0v) is 20.5. The maximum absolute atomic E-state index is 13.2. The number of carbonyl (C=O) groups excluding carboxylic acids is 1. The van der Waals surface area contributed by atoms with Gasteiger partial charge in [0, 0.05) is 54.4 Å². The Labute approximate surface area is 210 Å². The first-order valence-electron chi connectivity index (χ1n) is 12.3. The van der Waals surface area contributed by atoms with Crippen LogP contribution >= 0.6 is 0 Å². The van der Waals surface area contributed by atoms with E-state index in [9.17, 15) is 4.79 Å². The first kappa shape index (κ1) is 22.3. The molecule has 2 N–H and O–H groups in total. The molecular weight excluding hydrogens is 448 g/mol. The number of aromatic nitrogens is 3. The van der Waals surface area contributed by atoms with E-state index >= 15 is 0 Å². The summed E-state index contributed by atoms with van der Waals surface area (Å²) in [7, 11) is 0. The average Bonchev–Trinajstić information content (AvgIpc) is 3.56. The topological polar surface area (TPSA) is 92.9 Å². The van der Waals surface area contributed by atoms with Crippen LogP contribution in [0.25, 0.3) is 28.3 Å². The normalized spacial score (nSPS) is 16.8. The van der Waals surface area contributed by atoms with Crippen LogP contribution in [0.3, 0.4) is 0 Å². The van der Waals surface area contributed by atoms with Crippen molar-refractivity contribution >= 4 is 11.6 Å². The third-order valence-electron chi connectivity index (χ3n) is 7.18. The van der Waals surface area contributed by atoms with Crippen LogP contribution < -0.4 is 10.6 Å². The van der Waals surface area contributed by atoms with Gasteiger partial charge in [-0.2, -0.15) is 5.26 Å². The van der Waals surface area contributed by atoms with Crippen LogP contribution in [0.4, 0.5) is 5.69 Å². The monoisotopic (exact) mass is 476 g/mol. The van der Waals surface area contributed by atoms with Gasteiger partial charge in [-0.25, -0.2) is 4.98 Å². The van der Waals surface area contributed by atoms with Gasteiger partial charge in [0.2, 0.25) is 5.91 Å². The summed E-state index contributed by atoms with van der Waals surface area (Å²) >= 11 is 0. The third kappa shape index (κ3) is 3.80. The van der Waals surface area contributed by atoms with Gasteiger partial charge in [0.15, 0.2) is 5.82 Å². The molecule has 2 aromatic carbocycles. The van der Waals surface area contributed by atoms with E-state index in [4.69, 9.17) is 11.0 Å². The lowest BCUT2D eigenvalue weighted by Crippen LogP contribution is -2.37. The zero-order valence-electron chi connectivity index (χ0n) is 20.5. The molecule has 1 atom stereocenters. The standard InChI is InChI=1S/C29H28N6O/c1-29(2,31)15-21-9-11-34(28(21)36)24-7-8-25-23(13-24)18-33-17-22(20-5-3-19(16-30)4-6-20)14-26(33)27-32-10-12-35(25)27/h3-8,10,12-14,17,21H,9,11,15,18,31H2,1-2H3/t21-/m1/s1. The summed E-state index contributed by atoms with van der Waals surface area (Å²) in [6.07, 6.45) is 7.46. The summed E-state index contributed by atoms with van der Waals surface area (Å²) in [5, 5.41) is 9.13. The van der Waals surface area contributed by atoms with Crippen molar-refractivity contribution < 1.29 is 4.79 Å². The Kier molecular flexibility index (Phi) is 5.09. The highest BCUT2D eigenvalue weighted by atomic mass is 16.2. The van der Waals surface area contributed by atoms with Gasteiger partial charge in [0.1, 0.15) is 0 Å². The number of nitrogens with zero attached hydrogens (tertiary/aromatic N) is 5. The highest BCUT2D eigenvalue weighted by molar-refractivity contribution is 5.97. The van der Waals surface area contributed by atoms with Crippen molar-refractivity contribution in [2.45, 2.75) is 38.8 Å². The summed E-state index contributed by atoms with van der Waals surface area (Å²) in [4.78, 5) is 19.8. The molecule has 0 saturated carbocycles. The zero-order chi connectivity index (χ0) is 25.0. The summed E-state index contributed by atoms with van der Waals surface area (Å²) < 4.78 is 4.33. The Bertz CT molecular complexity index is 1510. The van der Waals surface area contributed by atoms with Crippen LogP contribution in [0.1, 0.15) is 37.8 Å². The van der Waals surface area contributed by atoms with E-state index in [0.717, 1.165) is 46.0 Å². The Balaban J connectivity index is 1.37. The predicted octanol–water partition coefficient (Wildman–Crippen LogP) is 4.72. The highest BCUT2D eigenvalue weighted by Gasteiger charge is 2.35. The quantitative estimate of drug-likeness (QED) is 0.406. The van der Waals surface area contributed by atoms with E-state index in [1.807, 2.05) is 61.5 Å².